The van der Waals surface area contributed by atoms with Crippen molar-refractivity contribution >= 4 is 27.6 Å². The molecule has 3 rings (SSSR count). The molecule has 1 aliphatic heterocycles. The largest absolute Gasteiger partial charge is 0.495 e. The van der Waals surface area contributed by atoms with Crippen LogP contribution in [0, 0.1) is 0 Å². The molecule has 0 bridgehead atoms. The Bertz CT molecular complexity index is 1120. The number of amides is 1. The summed E-state index contributed by atoms with van der Waals surface area (Å²) in [6, 6.07) is 9.72. The number of hydrogen-bond acceptors (Lipinski definition) is 8. The topological polar surface area (TPSA) is 129 Å². The number of nitrogens with one attached hydrogen (secondary N) is 2. The summed E-state index contributed by atoms with van der Waals surface area (Å²) in [5.41, 5.74) is 0.413. The van der Waals surface area contributed by atoms with Crippen LogP contribution in [0.2, 0.25) is 0 Å². The fourth-order valence-electron chi connectivity index (χ4n) is 2.97. The van der Waals surface area contributed by atoms with Crippen LogP contribution in [-0.4, -0.2) is 52.8 Å². The molecule has 0 radical (unpaired) electrons. The van der Waals surface area contributed by atoms with E-state index in [1.807, 2.05) is 0 Å². The molecular weight excluding hydrogens is 452 g/mol. The maximum Gasteiger partial charge on any atom is 0.324 e. The zero-order valence-corrected chi connectivity index (χ0v) is 19.3. The van der Waals surface area contributed by atoms with Crippen LogP contribution in [-0.2, 0) is 24.3 Å². The van der Waals surface area contributed by atoms with E-state index in [-0.39, 0.29) is 4.90 Å². The van der Waals surface area contributed by atoms with E-state index in [1.165, 1.54) is 39.2 Å². The molecule has 178 valence electrons. The lowest BCUT2D eigenvalue weighted by Gasteiger charge is -2.18. The summed E-state index contributed by atoms with van der Waals surface area (Å²) < 4.78 is 49.1. The average molecular weight is 479 g/mol. The minimum atomic E-state index is -4.07. The second-order valence-corrected chi connectivity index (χ2v) is 8.98. The third-order valence-corrected chi connectivity index (χ3v) is 6.28. The van der Waals surface area contributed by atoms with Crippen molar-refractivity contribution in [2.24, 2.45) is 0 Å². The molecule has 10 nitrogen and oxygen atoms in total. The third kappa shape index (κ3) is 6.14. The second kappa shape index (κ2) is 10.5. The van der Waals surface area contributed by atoms with Gasteiger partial charge < -0.3 is 24.3 Å². The van der Waals surface area contributed by atoms with E-state index in [2.05, 4.69) is 10.0 Å². The fourth-order valence-corrected chi connectivity index (χ4v) is 4.18. The van der Waals surface area contributed by atoms with Gasteiger partial charge in [-0.3, -0.25) is 9.59 Å². The Morgan fingerprint density at radius 3 is 2.45 bits per heavy atom. The molecule has 2 aromatic rings. The van der Waals surface area contributed by atoms with Crippen molar-refractivity contribution < 1.29 is 37.0 Å². The van der Waals surface area contributed by atoms with Crippen LogP contribution in [0.4, 0.5) is 5.69 Å². The average Bonchev–Trinajstić information content (AvgIpc) is 3.04. The third-order valence-electron chi connectivity index (χ3n) is 4.74. The summed E-state index contributed by atoms with van der Waals surface area (Å²) in [6.45, 7) is 3.59. The number of rotatable bonds is 8. The summed E-state index contributed by atoms with van der Waals surface area (Å²) >= 11 is 0. The SMILES string of the molecule is COc1ccccc1NC(=O)[C@H](C)OC(=O)[C@@H](C)NS(=O)(=O)c1ccc2c(c1)OCCCO2. The van der Waals surface area contributed by atoms with Gasteiger partial charge >= 0.3 is 5.97 Å². The van der Waals surface area contributed by atoms with Crippen LogP contribution in [0.5, 0.6) is 17.2 Å². The van der Waals surface area contributed by atoms with Crippen molar-refractivity contribution in [2.45, 2.75) is 37.3 Å². The van der Waals surface area contributed by atoms with E-state index in [0.717, 1.165) is 0 Å². The first-order valence-electron chi connectivity index (χ1n) is 10.3. The number of esters is 1. The van der Waals surface area contributed by atoms with Gasteiger partial charge in [0, 0.05) is 12.5 Å². The van der Waals surface area contributed by atoms with Crippen LogP contribution in [0.1, 0.15) is 20.3 Å². The minimum absolute atomic E-state index is 0.0895. The molecule has 0 saturated carbocycles. The molecule has 1 heterocycles. The van der Waals surface area contributed by atoms with Gasteiger partial charge in [0.15, 0.2) is 17.6 Å². The Morgan fingerprint density at radius 2 is 1.73 bits per heavy atom. The number of anilines is 1. The predicted octanol–water partition coefficient (Wildman–Crippen LogP) is 2.09. The lowest BCUT2D eigenvalue weighted by molar-refractivity contribution is -0.154. The Kier molecular flexibility index (Phi) is 7.77. The van der Waals surface area contributed by atoms with Crippen LogP contribution in [0.25, 0.3) is 0 Å². The van der Waals surface area contributed by atoms with Crippen LogP contribution < -0.4 is 24.2 Å². The van der Waals surface area contributed by atoms with Gasteiger partial charge in [-0.25, -0.2) is 8.42 Å². The van der Waals surface area contributed by atoms with Crippen molar-refractivity contribution in [1.82, 2.24) is 4.72 Å². The van der Waals surface area contributed by atoms with Gasteiger partial charge in [0.1, 0.15) is 11.8 Å². The summed E-state index contributed by atoms with van der Waals surface area (Å²) in [7, 11) is -2.60. The Labute approximate surface area is 192 Å². The van der Waals surface area contributed by atoms with Crippen molar-refractivity contribution in [3.05, 3.63) is 42.5 Å². The molecule has 0 aromatic heterocycles. The van der Waals surface area contributed by atoms with Crippen LogP contribution in [0.15, 0.2) is 47.4 Å². The molecule has 33 heavy (non-hydrogen) atoms. The monoisotopic (exact) mass is 478 g/mol. The highest BCUT2D eigenvalue weighted by Crippen LogP contribution is 2.32. The summed E-state index contributed by atoms with van der Waals surface area (Å²) in [4.78, 5) is 24.7. The van der Waals surface area contributed by atoms with E-state index < -0.39 is 34.0 Å². The van der Waals surface area contributed by atoms with Gasteiger partial charge in [0.25, 0.3) is 5.91 Å². The van der Waals surface area contributed by atoms with Crippen LogP contribution >= 0.6 is 0 Å². The second-order valence-electron chi connectivity index (χ2n) is 7.27. The maximum atomic E-state index is 12.7. The van der Waals surface area contributed by atoms with E-state index in [9.17, 15) is 18.0 Å². The molecule has 2 N–H and O–H groups in total. The highest BCUT2D eigenvalue weighted by atomic mass is 32.2. The quantitative estimate of drug-likeness (QED) is 0.552. The van der Waals surface area contributed by atoms with Gasteiger partial charge in [-0.2, -0.15) is 4.72 Å². The summed E-state index contributed by atoms with van der Waals surface area (Å²) in [6.07, 6.45) is -0.492. The molecule has 2 atom stereocenters. The first-order valence-corrected chi connectivity index (χ1v) is 11.8. The molecule has 0 unspecified atom stereocenters. The Morgan fingerprint density at radius 1 is 1.03 bits per heavy atom. The number of methoxy groups -OCH3 is 1. The van der Waals surface area contributed by atoms with Gasteiger partial charge in [-0.05, 0) is 38.1 Å². The molecule has 0 spiro atoms. The standard InChI is InChI=1S/C22H26N2O8S/c1-14(22(26)32-15(2)21(25)23-17-7-4-5-8-18(17)29-3)24-33(27,28)16-9-10-19-20(13-16)31-12-6-11-30-19/h4-5,7-10,13-15,24H,6,11-12H2,1-3H3,(H,23,25)/t14-,15+/m1/s1. The Hall–Kier alpha value is -3.31. The summed E-state index contributed by atoms with van der Waals surface area (Å²) in [5, 5.41) is 2.61. The number of carbonyl (C=O) groups is 2. The summed E-state index contributed by atoms with van der Waals surface area (Å²) in [5.74, 6) is -0.289. The normalized spacial score (nSPS) is 15.0. The van der Waals surface area contributed by atoms with Gasteiger partial charge in [0.2, 0.25) is 10.0 Å². The number of sulfonamides is 1. The number of benzene rings is 2. The minimum Gasteiger partial charge on any atom is -0.495 e. The van der Waals surface area contributed by atoms with Gasteiger partial charge in [0.05, 0.1) is 30.9 Å². The lowest BCUT2D eigenvalue weighted by atomic mass is 10.2. The smallest absolute Gasteiger partial charge is 0.324 e. The number of ether oxygens (including phenoxy) is 4. The molecule has 0 fully saturated rings. The van der Waals surface area contributed by atoms with Gasteiger partial charge in [-0.1, -0.05) is 12.1 Å². The van der Waals surface area contributed by atoms with E-state index in [1.54, 1.807) is 24.3 Å². The molecule has 11 heteroatoms. The first kappa shape index (κ1) is 24.3. The lowest BCUT2D eigenvalue weighted by Crippen LogP contribution is -2.42. The van der Waals surface area contributed by atoms with Gasteiger partial charge in [-0.15, -0.1) is 0 Å². The maximum absolute atomic E-state index is 12.7. The number of hydrogen-bond donors (Lipinski definition) is 2. The molecule has 1 amide bonds. The zero-order chi connectivity index (χ0) is 24.0. The van der Waals surface area contributed by atoms with Crippen molar-refractivity contribution in [3.8, 4) is 17.2 Å². The van der Waals surface area contributed by atoms with Crippen molar-refractivity contribution in [3.63, 3.8) is 0 Å². The highest BCUT2D eigenvalue weighted by Gasteiger charge is 2.27. The van der Waals surface area contributed by atoms with Crippen LogP contribution in [0.3, 0.4) is 0 Å². The van der Waals surface area contributed by atoms with E-state index in [4.69, 9.17) is 18.9 Å². The molecular formula is C22H26N2O8S. The van der Waals surface area contributed by atoms with E-state index in [0.29, 0.717) is 42.6 Å². The van der Waals surface area contributed by atoms with Crippen molar-refractivity contribution in [1.29, 1.82) is 0 Å². The van der Waals surface area contributed by atoms with E-state index >= 15 is 0 Å². The highest BCUT2D eigenvalue weighted by molar-refractivity contribution is 7.89. The first-order chi connectivity index (χ1) is 15.7. The molecule has 0 saturated heterocycles. The number of carbonyl (C=O) groups excluding carboxylic acids is 2. The zero-order valence-electron chi connectivity index (χ0n) is 18.5. The number of para-hydroxylation sites is 2. The fraction of sp³-hybridized carbons (Fsp3) is 0.364. The molecule has 1 aliphatic rings. The van der Waals surface area contributed by atoms with Crippen molar-refractivity contribution in [2.75, 3.05) is 25.6 Å². The number of fused-ring (bicyclic) bond motifs is 1. The molecule has 2 aromatic carbocycles. The molecule has 0 aliphatic carbocycles. The Balaban J connectivity index is 1.61. The predicted molar refractivity (Wildman–Crippen MR) is 119 cm³/mol.